The summed E-state index contributed by atoms with van der Waals surface area (Å²) in [5, 5.41) is 5.16. The average molecular weight is 612 g/mol. The van der Waals surface area contributed by atoms with Gasteiger partial charge in [-0.25, -0.2) is 0 Å². The highest BCUT2D eigenvalue weighted by atomic mass is 19.4. The number of ether oxygens (including phenoxy) is 8. The quantitative estimate of drug-likeness (QED) is 0.119. The van der Waals surface area contributed by atoms with Crippen LogP contribution in [0.3, 0.4) is 0 Å². The molecular formula is C22H27F3N4O13. The van der Waals surface area contributed by atoms with E-state index in [9.17, 15) is 37.1 Å². The van der Waals surface area contributed by atoms with E-state index in [0.29, 0.717) is 0 Å². The van der Waals surface area contributed by atoms with Crippen molar-refractivity contribution in [3.63, 3.8) is 0 Å². The normalized spacial score (nSPS) is 33.9. The Morgan fingerprint density at radius 2 is 1.50 bits per heavy atom. The van der Waals surface area contributed by atoms with Crippen LogP contribution in [-0.2, 0) is 61.9 Å². The smallest absolute Gasteiger partial charge is 0.463 e. The lowest BCUT2D eigenvalue weighted by atomic mass is 9.94. The second kappa shape index (κ2) is 13.5. The molecule has 0 saturated carbocycles. The third-order valence-electron chi connectivity index (χ3n) is 6.07. The molecule has 3 rings (SSSR count). The van der Waals surface area contributed by atoms with E-state index in [1.54, 1.807) is 5.32 Å². The van der Waals surface area contributed by atoms with E-state index in [4.69, 9.17) is 43.4 Å². The minimum atomic E-state index is -5.44. The Hall–Kier alpha value is -3.71. The van der Waals surface area contributed by atoms with Crippen LogP contribution in [0.4, 0.5) is 13.2 Å². The predicted molar refractivity (Wildman–Crippen MR) is 122 cm³/mol. The topological polar surface area (TPSA) is 220 Å². The SMILES string of the molecule is CC(=O)OC[C@H]1OC(O[C@H]2[C@H](OC(C)=O)[C@@H](N=[N+]=[N-])[C@@H]3OC[C@H]2O3)[C@H](NC(=O)C(F)(F)F)[C@@H](OC(C)=O)[C@@H]1OC(C)=O. The lowest BCUT2D eigenvalue weighted by Gasteiger charge is -2.47. The van der Waals surface area contributed by atoms with Gasteiger partial charge >= 0.3 is 36.0 Å². The van der Waals surface area contributed by atoms with Crippen LogP contribution in [0.2, 0.25) is 0 Å². The highest BCUT2D eigenvalue weighted by Crippen LogP contribution is 2.37. The van der Waals surface area contributed by atoms with Crippen LogP contribution in [0.15, 0.2) is 5.11 Å². The van der Waals surface area contributed by atoms with Crippen LogP contribution in [0.25, 0.3) is 10.4 Å². The summed E-state index contributed by atoms with van der Waals surface area (Å²) in [6.45, 7) is 3.01. The van der Waals surface area contributed by atoms with Crippen LogP contribution < -0.4 is 5.32 Å². The van der Waals surface area contributed by atoms with Gasteiger partial charge in [0.2, 0.25) is 0 Å². The van der Waals surface area contributed by atoms with E-state index < -0.39 is 104 Å². The maximum absolute atomic E-state index is 13.4. The lowest BCUT2D eigenvalue weighted by Crippen LogP contribution is -2.69. The number of nitrogens with zero attached hydrogens (tertiary/aromatic N) is 3. The Morgan fingerprint density at radius 1 is 0.905 bits per heavy atom. The maximum Gasteiger partial charge on any atom is 0.471 e. The van der Waals surface area contributed by atoms with Crippen molar-refractivity contribution < 1.29 is 75.0 Å². The number of hydrogen-bond donors (Lipinski definition) is 1. The van der Waals surface area contributed by atoms with Crippen molar-refractivity contribution in [1.82, 2.24) is 5.32 Å². The van der Waals surface area contributed by atoms with E-state index in [2.05, 4.69) is 10.0 Å². The molecule has 0 aliphatic carbocycles. The molecule has 1 unspecified atom stereocenters. The standard InChI is InChI=1S/C22H27F3N4O13/c1-7(30)35-5-11-15(37-8(2)31)17(38-9(3)32)13(27-21(34)22(23,24)25)20(41-11)42-16-12-6-36-19(40-12)14(28-29-26)18(16)39-10(4)33/h11-20H,5-6H2,1-4H3,(H,27,34)/t11-,12-,13-,14-,15-,16-,17-,18-,19-,20?/m1/s1. The van der Waals surface area contributed by atoms with Crippen molar-refractivity contribution in [2.75, 3.05) is 13.2 Å². The average Bonchev–Trinajstić information content (AvgIpc) is 3.30. The number of amides is 1. The number of alkyl halides is 3. The Bertz CT molecular complexity index is 1120. The summed E-state index contributed by atoms with van der Waals surface area (Å²) < 4.78 is 83.4. The summed E-state index contributed by atoms with van der Waals surface area (Å²) in [7, 11) is 0. The van der Waals surface area contributed by atoms with Gasteiger partial charge in [0, 0.05) is 32.6 Å². The van der Waals surface area contributed by atoms with Crippen molar-refractivity contribution in [1.29, 1.82) is 0 Å². The van der Waals surface area contributed by atoms with E-state index >= 15 is 0 Å². The molecule has 0 aromatic rings. The van der Waals surface area contributed by atoms with Gasteiger partial charge in [0.1, 0.15) is 43.1 Å². The molecule has 20 heteroatoms. The second-order valence-corrected chi connectivity index (χ2v) is 9.24. The fourth-order valence-electron chi connectivity index (χ4n) is 4.59. The number of fused-ring (bicyclic) bond motifs is 2. The number of rotatable bonds is 9. The van der Waals surface area contributed by atoms with Crippen molar-refractivity contribution in [2.45, 2.75) is 95.2 Å². The zero-order valence-electron chi connectivity index (χ0n) is 22.5. The highest BCUT2D eigenvalue weighted by Gasteiger charge is 2.58. The first-order valence-electron chi connectivity index (χ1n) is 12.3. The van der Waals surface area contributed by atoms with Crippen molar-refractivity contribution in [3.05, 3.63) is 10.4 Å². The Morgan fingerprint density at radius 3 is 2.05 bits per heavy atom. The largest absolute Gasteiger partial charge is 0.471 e. The van der Waals surface area contributed by atoms with Crippen LogP contribution in [0.5, 0.6) is 0 Å². The molecule has 10 atom stereocenters. The molecule has 3 heterocycles. The van der Waals surface area contributed by atoms with Crippen LogP contribution in [0, 0.1) is 0 Å². The van der Waals surface area contributed by atoms with E-state index in [1.807, 2.05) is 0 Å². The highest BCUT2D eigenvalue weighted by molar-refractivity contribution is 5.82. The van der Waals surface area contributed by atoms with E-state index in [0.717, 1.165) is 27.7 Å². The monoisotopic (exact) mass is 612 g/mol. The summed E-state index contributed by atoms with van der Waals surface area (Å²) in [5.41, 5.74) is 9.04. The van der Waals surface area contributed by atoms with Gasteiger partial charge in [-0.2, -0.15) is 13.2 Å². The van der Waals surface area contributed by atoms with Gasteiger partial charge in [-0.15, -0.1) is 0 Å². The van der Waals surface area contributed by atoms with Gasteiger partial charge < -0.3 is 43.2 Å². The summed E-state index contributed by atoms with van der Waals surface area (Å²) in [6, 6.07) is -3.36. The third-order valence-corrected chi connectivity index (χ3v) is 6.07. The predicted octanol–water partition coefficient (Wildman–Crippen LogP) is -0.0642. The molecule has 2 bridgehead atoms. The number of carbonyl (C=O) groups excluding carboxylic acids is 5. The Balaban J connectivity index is 2.09. The van der Waals surface area contributed by atoms with Gasteiger partial charge in [0.25, 0.3) is 0 Å². The molecule has 1 amide bonds. The van der Waals surface area contributed by atoms with E-state index in [1.165, 1.54) is 0 Å². The number of esters is 4. The minimum absolute atomic E-state index is 0.211. The fourth-order valence-corrected chi connectivity index (χ4v) is 4.59. The number of azide groups is 1. The van der Waals surface area contributed by atoms with Gasteiger partial charge in [-0.1, -0.05) is 5.11 Å². The Labute approximate surface area is 234 Å². The number of hydrogen-bond acceptors (Lipinski definition) is 14. The van der Waals surface area contributed by atoms with Crippen molar-refractivity contribution >= 4 is 29.8 Å². The first-order chi connectivity index (χ1) is 19.6. The molecule has 234 valence electrons. The molecule has 0 spiro atoms. The van der Waals surface area contributed by atoms with Crippen LogP contribution in [0.1, 0.15) is 27.7 Å². The second-order valence-electron chi connectivity index (χ2n) is 9.24. The molecule has 3 aliphatic heterocycles. The van der Waals surface area contributed by atoms with Gasteiger partial charge in [-0.3, -0.25) is 24.0 Å². The molecular weight excluding hydrogens is 585 g/mol. The zero-order chi connectivity index (χ0) is 31.4. The molecule has 17 nitrogen and oxygen atoms in total. The first-order valence-corrected chi connectivity index (χ1v) is 12.3. The molecule has 0 aromatic carbocycles. The number of carbonyl (C=O) groups is 5. The fraction of sp³-hybridized carbons (Fsp3) is 0.773. The van der Waals surface area contributed by atoms with E-state index in [-0.39, 0.29) is 6.61 Å². The zero-order valence-corrected chi connectivity index (χ0v) is 22.5. The van der Waals surface area contributed by atoms with Crippen molar-refractivity contribution in [3.8, 4) is 0 Å². The lowest BCUT2D eigenvalue weighted by molar-refractivity contribution is -0.312. The summed E-state index contributed by atoms with van der Waals surface area (Å²) in [6.07, 6.45) is -17.7. The third kappa shape index (κ3) is 7.97. The Kier molecular flexibility index (Phi) is 10.6. The molecule has 0 radical (unpaired) electrons. The molecule has 3 saturated heterocycles. The first kappa shape index (κ1) is 32.8. The molecule has 0 aromatic heterocycles. The van der Waals surface area contributed by atoms with Crippen molar-refractivity contribution in [2.24, 2.45) is 5.11 Å². The van der Waals surface area contributed by atoms with Gasteiger partial charge in [-0.05, 0) is 5.53 Å². The summed E-state index contributed by atoms with van der Waals surface area (Å²) in [5.74, 6) is -6.24. The van der Waals surface area contributed by atoms with Crippen LogP contribution in [-0.4, -0.2) is 110 Å². The van der Waals surface area contributed by atoms with Gasteiger partial charge in [0.05, 0.1) is 6.61 Å². The molecule has 42 heavy (non-hydrogen) atoms. The van der Waals surface area contributed by atoms with Crippen LogP contribution >= 0.6 is 0 Å². The molecule has 1 N–H and O–H groups in total. The summed E-state index contributed by atoms with van der Waals surface area (Å²) >= 11 is 0. The molecule has 3 aliphatic rings. The maximum atomic E-state index is 13.4. The number of halogens is 3. The summed E-state index contributed by atoms with van der Waals surface area (Å²) in [4.78, 5) is 62.1. The molecule has 3 fully saturated rings. The minimum Gasteiger partial charge on any atom is -0.463 e. The van der Waals surface area contributed by atoms with Gasteiger partial charge in [0.15, 0.2) is 24.8 Å². The number of nitrogens with one attached hydrogen (secondary N) is 1.